The first-order valence-electron chi connectivity index (χ1n) is 7.85. The van der Waals surface area contributed by atoms with Crippen LogP contribution in [-0.2, 0) is 16.6 Å². The van der Waals surface area contributed by atoms with Crippen molar-refractivity contribution in [3.05, 3.63) is 40.7 Å². The number of aromatic nitrogens is 1. The maximum atomic E-state index is 13.3. The summed E-state index contributed by atoms with van der Waals surface area (Å²) in [5.41, 5.74) is 2.79. The summed E-state index contributed by atoms with van der Waals surface area (Å²) < 4.78 is 46.4. The van der Waals surface area contributed by atoms with E-state index in [4.69, 9.17) is 0 Å². The predicted octanol–water partition coefficient (Wildman–Crippen LogP) is 4.52. The van der Waals surface area contributed by atoms with Crippen LogP contribution >= 0.6 is 0 Å². The number of rotatable bonds is 4. The summed E-state index contributed by atoms with van der Waals surface area (Å²) in [6.07, 6.45) is -4.26. The molecule has 1 aromatic heterocycles. The highest BCUT2D eigenvalue weighted by atomic mass is 19.4. The number of nitrogens with one attached hydrogen (secondary N) is 1. The molecule has 4 nitrogen and oxygen atoms in total. The first-order valence-corrected chi connectivity index (χ1v) is 7.85. The molecule has 2 rings (SSSR count). The number of allylic oxidation sites excluding steroid dienone is 1. The van der Waals surface area contributed by atoms with Crippen molar-refractivity contribution in [3.63, 3.8) is 0 Å². The lowest BCUT2D eigenvalue weighted by Gasteiger charge is -2.16. The average molecular weight is 354 g/mol. The van der Waals surface area contributed by atoms with E-state index in [0.29, 0.717) is 17.3 Å². The van der Waals surface area contributed by atoms with Gasteiger partial charge in [0.05, 0.1) is 12.7 Å². The highest BCUT2D eigenvalue weighted by Crippen LogP contribution is 2.33. The number of alkyl halides is 3. The Morgan fingerprint density at radius 3 is 2.48 bits per heavy atom. The molecule has 136 valence electrons. The molecule has 1 aromatic carbocycles. The summed E-state index contributed by atoms with van der Waals surface area (Å²) in [5.74, 6) is -1.03. The van der Waals surface area contributed by atoms with E-state index in [1.54, 1.807) is 13.0 Å². The lowest BCUT2D eigenvalue weighted by Crippen LogP contribution is -2.21. The third-order valence-electron chi connectivity index (χ3n) is 4.28. The topological polar surface area (TPSA) is 43.3 Å². The molecule has 0 saturated heterocycles. The lowest BCUT2D eigenvalue weighted by atomic mass is 10.1. The molecule has 7 heteroatoms. The predicted molar refractivity (Wildman–Crippen MR) is 91.5 cm³/mol. The smallest absolute Gasteiger partial charge is 0.431 e. The Morgan fingerprint density at radius 1 is 1.28 bits per heavy atom. The van der Waals surface area contributed by atoms with Gasteiger partial charge in [-0.2, -0.15) is 13.2 Å². The van der Waals surface area contributed by atoms with Crippen LogP contribution in [0.15, 0.2) is 23.9 Å². The van der Waals surface area contributed by atoms with Crippen molar-refractivity contribution in [3.8, 4) is 0 Å². The molecule has 25 heavy (non-hydrogen) atoms. The van der Waals surface area contributed by atoms with Crippen LogP contribution in [0.5, 0.6) is 0 Å². The Morgan fingerprint density at radius 2 is 1.92 bits per heavy atom. The Hall–Kier alpha value is -2.44. The number of anilines is 1. The minimum Gasteiger partial charge on any atom is -0.463 e. The fourth-order valence-electron chi connectivity index (χ4n) is 2.67. The van der Waals surface area contributed by atoms with Gasteiger partial charge in [-0.1, -0.05) is 0 Å². The van der Waals surface area contributed by atoms with Crippen LogP contribution in [0.2, 0.25) is 0 Å². The highest BCUT2D eigenvalue weighted by molar-refractivity contribution is 5.90. The summed E-state index contributed by atoms with van der Waals surface area (Å²) in [7, 11) is 1.92. The normalized spacial score (nSPS) is 12.6. The first kappa shape index (κ1) is 18.9. The van der Waals surface area contributed by atoms with Gasteiger partial charge < -0.3 is 14.6 Å². The third-order valence-corrected chi connectivity index (χ3v) is 4.28. The largest absolute Gasteiger partial charge is 0.463 e. The molecule has 0 radical (unpaired) electrons. The summed E-state index contributed by atoms with van der Waals surface area (Å²) in [6, 6.07) is 3.51. The molecule has 0 spiro atoms. The van der Waals surface area contributed by atoms with Gasteiger partial charge in [-0.05, 0) is 51.0 Å². The number of fused-ring (bicyclic) bond motifs is 1. The zero-order valence-corrected chi connectivity index (χ0v) is 14.8. The number of benzene rings is 1. The van der Waals surface area contributed by atoms with Crippen molar-refractivity contribution < 1.29 is 22.7 Å². The van der Waals surface area contributed by atoms with Gasteiger partial charge in [-0.15, -0.1) is 0 Å². The number of hydrogen-bond acceptors (Lipinski definition) is 3. The van der Waals surface area contributed by atoms with Crippen molar-refractivity contribution >= 4 is 22.6 Å². The number of aryl methyl sites for hydroxylation is 3. The van der Waals surface area contributed by atoms with Gasteiger partial charge in [-0.25, -0.2) is 4.79 Å². The number of halogens is 3. The molecule has 0 saturated carbocycles. The van der Waals surface area contributed by atoms with Crippen molar-refractivity contribution in [2.75, 3.05) is 11.9 Å². The summed E-state index contributed by atoms with van der Waals surface area (Å²) in [5, 5.41) is 3.22. The number of nitrogens with zero attached hydrogens (tertiary/aromatic N) is 1. The third kappa shape index (κ3) is 3.81. The molecule has 0 aliphatic heterocycles. The van der Waals surface area contributed by atoms with Gasteiger partial charge in [0.15, 0.2) is 0 Å². The molecule has 0 fully saturated rings. The molecular weight excluding hydrogens is 333 g/mol. The zero-order valence-electron chi connectivity index (χ0n) is 14.8. The van der Waals surface area contributed by atoms with E-state index in [9.17, 15) is 18.0 Å². The summed E-state index contributed by atoms with van der Waals surface area (Å²) in [6.45, 7) is 7.15. The Balaban J connectivity index is 2.51. The van der Waals surface area contributed by atoms with E-state index in [0.717, 1.165) is 22.2 Å². The molecule has 0 aliphatic carbocycles. The second-order valence-electron chi connectivity index (χ2n) is 5.89. The van der Waals surface area contributed by atoms with Crippen LogP contribution < -0.4 is 5.32 Å². The number of carbonyl (C=O) groups excluding carboxylic acids is 1. The Labute approximate surface area is 144 Å². The molecule has 1 N–H and O–H groups in total. The first-order chi connectivity index (χ1) is 11.6. The Kier molecular flexibility index (Phi) is 5.15. The molecule has 2 aromatic rings. The van der Waals surface area contributed by atoms with Gasteiger partial charge in [0.25, 0.3) is 0 Å². The minimum absolute atomic E-state index is 0.00788. The van der Waals surface area contributed by atoms with Gasteiger partial charge in [0.2, 0.25) is 0 Å². The number of carbonyl (C=O) groups is 1. The van der Waals surface area contributed by atoms with Gasteiger partial charge in [0.1, 0.15) is 5.70 Å². The van der Waals surface area contributed by atoms with E-state index in [1.807, 2.05) is 31.5 Å². The second-order valence-corrected chi connectivity index (χ2v) is 5.89. The molecule has 1 heterocycles. The number of esters is 1. The fourth-order valence-corrected chi connectivity index (χ4v) is 2.67. The van der Waals surface area contributed by atoms with E-state index in [2.05, 4.69) is 10.1 Å². The van der Waals surface area contributed by atoms with Crippen LogP contribution in [0, 0.1) is 20.8 Å². The van der Waals surface area contributed by atoms with Crippen LogP contribution in [0.25, 0.3) is 10.9 Å². The maximum Gasteiger partial charge on any atom is 0.431 e. The van der Waals surface area contributed by atoms with Crippen LogP contribution in [0.1, 0.15) is 23.7 Å². The Bertz CT molecular complexity index is 848. The van der Waals surface area contributed by atoms with Gasteiger partial charge in [-0.3, -0.25) is 0 Å². The maximum absolute atomic E-state index is 13.3. The molecular formula is C18H21F3N2O2. The van der Waals surface area contributed by atoms with Gasteiger partial charge in [0, 0.05) is 29.3 Å². The molecule has 0 bridgehead atoms. The van der Waals surface area contributed by atoms with E-state index in [1.165, 1.54) is 6.92 Å². The van der Waals surface area contributed by atoms with Crippen molar-refractivity contribution in [2.45, 2.75) is 33.9 Å². The molecule has 0 atom stereocenters. The SMILES string of the molecule is CCOC(=O)/C=C(/Nc1cc2c(C)c(C)n(C)c2cc1C)C(F)(F)F. The van der Waals surface area contributed by atoms with E-state index in [-0.39, 0.29) is 6.61 Å². The average Bonchev–Trinajstić information content (AvgIpc) is 2.71. The molecule has 0 amide bonds. The fraction of sp³-hybridized carbons (Fsp3) is 0.389. The van der Waals surface area contributed by atoms with Crippen LogP contribution in [0.3, 0.4) is 0 Å². The standard InChI is InChI=1S/C18H21F3N2O2/c1-6-25-17(24)9-16(18(19,20)21)22-14-8-13-11(3)12(4)23(5)15(13)7-10(14)2/h7-9,22H,6H2,1-5H3/b16-9+. The lowest BCUT2D eigenvalue weighted by molar-refractivity contribution is -0.138. The van der Waals surface area contributed by atoms with Crippen LogP contribution in [0.4, 0.5) is 18.9 Å². The highest BCUT2D eigenvalue weighted by Gasteiger charge is 2.35. The van der Waals surface area contributed by atoms with Gasteiger partial charge >= 0.3 is 12.1 Å². The van der Waals surface area contributed by atoms with Crippen molar-refractivity contribution in [2.24, 2.45) is 7.05 Å². The van der Waals surface area contributed by atoms with E-state index >= 15 is 0 Å². The number of ether oxygens (including phenoxy) is 1. The summed E-state index contributed by atoms with van der Waals surface area (Å²) in [4.78, 5) is 11.4. The van der Waals surface area contributed by atoms with Crippen LogP contribution in [-0.4, -0.2) is 23.3 Å². The summed E-state index contributed by atoms with van der Waals surface area (Å²) >= 11 is 0. The quantitative estimate of drug-likeness (QED) is 0.648. The number of hydrogen-bond donors (Lipinski definition) is 1. The van der Waals surface area contributed by atoms with E-state index < -0.39 is 17.8 Å². The molecule has 0 aliphatic rings. The minimum atomic E-state index is -4.70. The molecule has 0 unspecified atom stereocenters. The second kappa shape index (κ2) is 6.82. The van der Waals surface area contributed by atoms with Crippen molar-refractivity contribution in [1.82, 2.24) is 4.57 Å². The van der Waals surface area contributed by atoms with Crippen molar-refractivity contribution in [1.29, 1.82) is 0 Å². The zero-order chi connectivity index (χ0) is 18.9. The monoisotopic (exact) mass is 354 g/mol.